The summed E-state index contributed by atoms with van der Waals surface area (Å²) in [6, 6.07) is 11.0. The molecular weight excluding hydrogens is 275 g/mol. The van der Waals surface area contributed by atoms with Crippen LogP contribution in [-0.2, 0) is 6.54 Å². The number of aryl methyl sites for hydroxylation is 1. The lowest BCUT2D eigenvalue weighted by atomic mass is 10.1. The van der Waals surface area contributed by atoms with E-state index in [0.717, 1.165) is 11.3 Å². The molecule has 2 aromatic carbocycles. The fraction of sp³-hybridized carbons (Fsp3) is 0.250. The smallest absolute Gasteiger partial charge is 0.141 e. The van der Waals surface area contributed by atoms with Crippen molar-refractivity contribution in [3.8, 4) is 0 Å². The van der Waals surface area contributed by atoms with Gasteiger partial charge in [0.1, 0.15) is 5.82 Å². The van der Waals surface area contributed by atoms with Gasteiger partial charge in [0.25, 0.3) is 0 Å². The molecule has 2 rings (SSSR count). The summed E-state index contributed by atoms with van der Waals surface area (Å²) in [5.74, 6) is -0.388. The molecule has 0 bridgehead atoms. The molecule has 0 aliphatic rings. The van der Waals surface area contributed by atoms with Crippen LogP contribution in [0.15, 0.2) is 36.4 Å². The van der Waals surface area contributed by atoms with Crippen molar-refractivity contribution in [3.05, 3.63) is 58.4 Å². The Hall–Kier alpha value is -1.74. The first kappa shape index (κ1) is 14.7. The van der Waals surface area contributed by atoms with E-state index >= 15 is 0 Å². The van der Waals surface area contributed by atoms with Gasteiger partial charge in [-0.05, 0) is 42.3 Å². The van der Waals surface area contributed by atoms with Crippen molar-refractivity contribution in [3.63, 3.8) is 0 Å². The number of nitrogens with zero attached hydrogens (tertiary/aromatic N) is 1. The van der Waals surface area contributed by atoms with Gasteiger partial charge in [0.2, 0.25) is 0 Å². The third-order valence-electron chi connectivity index (χ3n) is 3.17. The van der Waals surface area contributed by atoms with E-state index in [4.69, 9.17) is 11.6 Å². The minimum absolute atomic E-state index is 0.155. The molecule has 0 unspecified atom stereocenters. The monoisotopic (exact) mass is 292 g/mol. The number of halogens is 2. The Balaban J connectivity index is 2.10. The first-order chi connectivity index (χ1) is 9.47. The number of rotatable bonds is 4. The van der Waals surface area contributed by atoms with Gasteiger partial charge in [-0.15, -0.1) is 0 Å². The Bertz CT molecular complexity index is 611. The lowest BCUT2D eigenvalue weighted by Crippen LogP contribution is -2.11. The van der Waals surface area contributed by atoms with E-state index in [2.05, 4.69) is 29.3 Å². The highest BCUT2D eigenvalue weighted by Gasteiger charge is 2.04. The fourth-order valence-corrected chi connectivity index (χ4v) is 2.26. The van der Waals surface area contributed by atoms with Crippen molar-refractivity contribution in [1.82, 2.24) is 0 Å². The summed E-state index contributed by atoms with van der Waals surface area (Å²) < 4.78 is 13.1. The van der Waals surface area contributed by atoms with Crippen LogP contribution in [0.3, 0.4) is 0 Å². The molecule has 0 fully saturated rings. The van der Waals surface area contributed by atoms with Crippen LogP contribution in [0.2, 0.25) is 5.02 Å². The van der Waals surface area contributed by atoms with Gasteiger partial charge < -0.3 is 10.2 Å². The van der Waals surface area contributed by atoms with Crippen LogP contribution in [0.5, 0.6) is 0 Å². The molecule has 0 heterocycles. The zero-order valence-electron chi connectivity index (χ0n) is 11.9. The molecule has 1 N–H and O–H groups in total. The Labute approximate surface area is 124 Å². The molecular formula is C16H18ClFN2. The van der Waals surface area contributed by atoms with Crippen LogP contribution < -0.4 is 10.2 Å². The van der Waals surface area contributed by atoms with E-state index in [1.807, 2.05) is 20.2 Å². The van der Waals surface area contributed by atoms with Gasteiger partial charge in [-0.25, -0.2) is 4.39 Å². The number of nitrogens with one attached hydrogen (secondary N) is 1. The predicted octanol–water partition coefficient (Wildman–Crippen LogP) is 4.47. The van der Waals surface area contributed by atoms with Crippen molar-refractivity contribution < 1.29 is 4.39 Å². The van der Waals surface area contributed by atoms with Gasteiger partial charge in [-0.1, -0.05) is 23.7 Å². The standard InChI is InChI=1S/C16H18ClFN2/c1-11-4-6-13(9-16(11)20(2)3)19-10-12-5-7-15(18)14(17)8-12/h4-9,19H,10H2,1-3H3. The minimum Gasteiger partial charge on any atom is -0.381 e. The third kappa shape index (κ3) is 3.42. The molecule has 0 spiro atoms. The van der Waals surface area contributed by atoms with Crippen LogP contribution in [-0.4, -0.2) is 14.1 Å². The summed E-state index contributed by atoms with van der Waals surface area (Å²) >= 11 is 5.77. The quantitative estimate of drug-likeness (QED) is 0.894. The highest BCUT2D eigenvalue weighted by molar-refractivity contribution is 6.30. The molecule has 0 radical (unpaired) electrons. The zero-order chi connectivity index (χ0) is 14.7. The van der Waals surface area contributed by atoms with E-state index in [9.17, 15) is 4.39 Å². The molecule has 0 aliphatic carbocycles. The van der Waals surface area contributed by atoms with Gasteiger partial charge in [0.05, 0.1) is 5.02 Å². The van der Waals surface area contributed by atoms with Crippen molar-refractivity contribution in [2.24, 2.45) is 0 Å². The maximum atomic E-state index is 13.1. The molecule has 2 aromatic rings. The predicted molar refractivity (Wildman–Crippen MR) is 84.2 cm³/mol. The largest absolute Gasteiger partial charge is 0.381 e. The Kier molecular flexibility index (Phi) is 4.50. The maximum Gasteiger partial charge on any atom is 0.141 e. The Morgan fingerprint density at radius 2 is 1.90 bits per heavy atom. The van der Waals surface area contributed by atoms with E-state index in [1.54, 1.807) is 12.1 Å². The van der Waals surface area contributed by atoms with Gasteiger partial charge in [0, 0.05) is 32.0 Å². The maximum absolute atomic E-state index is 13.1. The molecule has 4 heteroatoms. The van der Waals surface area contributed by atoms with Gasteiger partial charge in [0.15, 0.2) is 0 Å². The zero-order valence-corrected chi connectivity index (χ0v) is 12.6. The van der Waals surface area contributed by atoms with Crippen molar-refractivity contribution >= 4 is 23.0 Å². The molecule has 0 saturated carbocycles. The Morgan fingerprint density at radius 3 is 2.55 bits per heavy atom. The van der Waals surface area contributed by atoms with E-state index in [0.29, 0.717) is 6.54 Å². The third-order valence-corrected chi connectivity index (χ3v) is 3.46. The van der Waals surface area contributed by atoms with Gasteiger partial charge >= 0.3 is 0 Å². The van der Waals surface area contributed by atoms with Crippen molar-refractivity contribution in [2.75, 3.05) is 24.3 Å². The SMILES string of the molecule is Cc1ccc(NCc2ccc(F)c(Cl)c2)cc1N(C)C. The van der Waals surface area contributed by atoms with Gasteiger partial charge in [-0.3, -0.25) is 0 Å². The summed E-state index contributed by atoms with van der Waals surface area (Å²) in [5, 5.41) is 3.48. The highest BCUT2D eigenvalue weighted by atomic mass is 35.5. The van der Waals surface area contributed by atoms with Gasteiger partial charge in [-0.2, -0.15) is 0 Å². The minimum atomic E-state index is -0.388. The molecule has 20 heavy (non-hydrogen) atoms. The second-order valence-corrected chi connectivity index (χ2v) is 5.40. The van der Waals surface area contributed by atoms with Crippen LogP contribution in [0.25, 0.3) is 0 Å². The fourth-order valence-electron chi connectivity index (χ4n) is 2.05. The molecule has 106 valence electrons. The lowest BCUT2D eigenvalue weighted by Gasteiger charge is -2.17. The second-order valence-electron chi connectivity index (χ2n) is 5.00. The first-order valence-electron chi connectivity index (χ1n) is 6.43. The van der Waals surface area contributed by atoms with E-state index in [1.165, 1.54) is 17.3 Å². The lowest BCUT2D eigenvalue weighted by molar-refractivity contribution is 0.627. The van der Waals surface area contributed by atoms with Crippen molar-refractivity contribution in [2.45, 2.75) is 13.5 Å². The average molecular weight is 293 g/mol. The first-order valence-corrected chi connectivity index (χ1v) is 6.81. The number of hydrogen-bond donors (Lipinski definition) is 1. The normalized spacial score (nSPS) is 10.4. The molecule has 0 saturated heterocycles. The Morgan fingerprint density at radius 1 is 1.15 bits per heavy atom. The molecule has 0 aliphatic heterocycles. The van der Waals surface area contributed by atoms with Crippen LogP contribution in [0.1, 0.15) is 11.1 Å². The highest BCUT2D eigenvalue weighted by Crippen LogP contribution is 2.23. The molecule has 0 amide bonds. The summed E-state index contributed by atoms with van der Waals surface area (Å²) in [4.78, 5) is 2.08. The second kappa shape index (κ2) is 6.14. The number of hydrogen-bond acceptors (Lipinski definition) is 2. The van der Waals surface area contributed by atoms with E-state index < -0.39 is 0 Å². The summed E-state index contributed by atoms with van der Waals surface area (Å²) in [5.41, 5.74) is 4.38. The number of benzene rings is 2. The summed E-state index contributed by atoms with van der Waals surface area (Å²) in [6.07, 6.45) is 0. The topological polar surface area (TPSA) is 15.3 Å². The van der Waals surface area contributed by atoms with Crippen LogP contribution >= 0.6 is 11.6 Å². The molecule has 0 aromatic heterocycles. The summed E-state index contributed by atoms with van der Waals surface area (Å²) in [7, 11) is 4.04. The van der Waals surface area contributed by atoms with Crippen LogP contribution in [0, 0.1) is 12.7 Å². The van der Waals surface area contributed by atoms with Crippen molar-refractivity contribution in [1.29, 1.82) is 0 Å². The van der Waals surface area contributed by atoms with E-state index in [-0.39, 0.29) is 10.8 Å². The van der Waals surface area contributed by atoms with Crippen LogP contribution in [0.4, 0.5) is 15.8 Å². The number of anilines is 2. The average Bonchev–Trinajstić information content (AvgIpc) is 2.41. The summed E-state index contributed by atoms with van der Waals surface area (Å²) in [6.45, 7) is 2.69. The molecule has 2 nitrogen and oxygen atoms in total. The molecule has 0 atom stereocenters.